The van der Waals surface area contributed by atoms with E-state index in [9.17, 15) is 9.59 Å². The van der Waals surface area contributed by atoms with Gasteiger partial charge in [-0.05, 0) is 48.1 Å². The molecule has 2 fully saturated rings. The summed E-state index contributed by atoms with van der Waals surface area (Å²) in [7, 11) is 1.38. The van der Waals surface area contributed by atoms with Gasteiger partial charge in [0, 0.05) is 19.6 Å². The normalized spacial score (nSPS) is 20.2. The monoisotopic (exact) mass is 422 g/mol. The molecular weight excluding hydrogens is 392 g/mol. The van der Waals surface area contributed by atoms with Gasteiger partial charge in [0.25, 0.3) is 0 Å². The number of piperidine rings is 1. The van der Waals surface area contributed by atoms with E-state index in [2.05, 4.69) is 11.8 Å². The Labute approximate surface area is 183 Å². The van der Waals surface area contributed by atoms with Gasteiger partial charge in [0.2, 0.25) is 0 Å². The molecule has 6 nitrogen and oxygen atoms in total. The third-order valence-electron chi connectivity index (χ3n) is 6.61. The van der Waals surface area contributed by atoms with Crippen LogP contribution in [-0.2, 0) is 16.1 Å². The molecule has 0 aliphatic carbocycles. The Hall–Kier alpha value is -2.86. The number of methoxy groups -OCH3 is 1. The van der Waals surface area contributed by atoms with E-state index in [0.717, 1.165) is 43.6 Å². The standard InChI is InChI=1S/C25H30N2O4/c1-3-26-17-25(18-26)13-14-27(24(29)31-16-19-7-5-4-6-8-19)22(15-25)20-9-11-21(12-10-20)23(28)30-2/h4-12,22H,3,13-18H2,1-2H3. The van der Waals surface area contributed by atoms with Crippen molar-refractivity contribution in [2.75, 3.05) is 33.3 Å². The van der Waals surface area contributed by atoms with E-state index in [4.69, 9.17) is 9.47 Å². The molecule has 6 heteroatoms. The molecule has 31 heavy (non-hydrogen) atoms. The first-order valence-electron chi connectivity index (χ1n) is 10.9. The zero-order valence-corrected chi connectivity index (χ0v) is 18.3. The molecule has 1 spiro atoms. The molecule has 2 aromatic carbocycles. The second kappa shape index (κ2) is 9.10. The SMILES string of the molecule is CCN1CC2(CCN(C(=O)OCc3ccccc3)C(c3ccc(C(=O)OC)cc3)C2)C1. The Bertz CT molecular complexity index is 907. The summed E-state index contributed by atoms with van der Waals surface area (Å²) in [5, 5.41) is 0. The van der Waals surface area contributed by atoms with Crippen LogP contribution >= 0.6 is 0 Å². The van der Waals surface area contributed by atoms with Gasteiger partial charge in [-0.1, -0.05) is 49.4 Å². The minimum Gasteiger partial charge on any atom is -0.465 e. The van der Waals surface area contributed by atoms with Gasteiger partial charge < -0.3 is 19.3 Å². The van der Waals surface area contributed by atoms with Gasteiger partial charge in [-0.3, -0.25) is 0 Å². The quantitative estimate of drug-likeness (QED) is 0.674. The average Bonchev–Trinajstić information content (AvgIpc) is 2.80. The van der Waals surface area contributed by atoms with Crippen LogP contribution in [0, 0.1) is 5.41 Å². The maximum atomic E-state index is 13.0. The number of carbonyl (C=O) groups is 2. The summed E-state index contributed by atoms with van der Waals surface area (Å²) in [6.45, 7) is 6.34. The van der Waals surface area contributed by atoms with E-state index in [1.807, 2.05) is 47.4 Å². The Morgan fingerprint density at radius 1 is 1.06 bits per heavy atom. The second-order valence-corrected chi connectivity index (χ2v) is 8.62. The molecule has 0 radical (unpaired) electrons. The first kappa shape index (κ1) is 21.4. The van der Waals surface area contributed by atoms with Crippen LogP contribution in [0.4, 0.5) is 4.79 Å². The lowest BCUT2D eigenvalue weighted by atomic mass is 9.68. The number of hydrogen-bond acceptors (Lipinski definition) is 5. The third kappa shape index (κ3) is 4.59. The van der Waals surface area contributed by atoms with E-state index in [0.29, 0.717) is 12.1 Å². The molecule has 2 heterocycles. The van der Waals surface area contributed by atoms with Gasteiger partial charge in [-0.2, -0.15) is 0 Å². The van der Waals surface area contributed by atoms with Crippen LogP contribution in [0.5, 0.6) is 0 Å². The van der Waals surface area contributed by atoms with Crippen LogP contribution in [0.1, 0.15) is 47.3 Å². The Morgan fingerprint density at radius 2 is 1.77 bits per heavy atom. The smallest absolute Gasteiger partial charge is 0.410 e. The molecule has 0 saturated carbocycles. The molecule has 2 aromatic rings. The number of carbonyl (C=O) groups excluding carboxylic acids is 2. The van der Waals surface area contributed by atoms with Crippen molar-refractivity contribution in [1.82, 2.24) is 9.80 Å². The highest BCUT2D eigenvalue weighted by atomic mass is 16.6. The molecule has 2 aliphatic heterocycles. The largest absolute Gasteiger partial charge is 0.465 e. The van der Waals surface area contributed by atoms with Crippen molar-refractivity contribution in [3.8, 4) is 0 Å². The number of ether oxygens (including phenoxy) is 2. The lowest BCUT2D eigenvalue weighted by Gasteiger charge is -2.56. The van der Waals surface area contributed by atoms with E-state index in [1.165, 1.54) is 7.11 Å². The fourth-order valence-electron chi connectivity index (χ4n) is 4.83. The number of likely N-dealkylation sites (tertiary alicyclic amines) is 2. The first-order valence-corrected chi connectivity index (χ1v) is 10.9. The van der Waals surface area contributed by atoms with Crippen LogP contribution in [0.25, 0.3) is 0 Å². The first-order chi connectivity index (χ1) is 15.0. The van der Waals surface area contributed by atoms with E-state index in [1.54, 1.807) is 12.1 Å². The second-order valence-electron chi connectivity index (χ2n) is 8.62. The minimum absolute atomic E-state index is 0.0669. The van der Waals surface area contributed by atoms with Gasteiger partial charge in [0.1, 0.15) is 6.61 Å². The highest BCUT2D eigenvalue weighted by molar-refractivity contribution is 5.89. The zero-order valence-electron chi connectivity index (χ0n) is 18.3. The van der Waals surface area contributed by atoms with Crippen LogP contribution < -0.4 is 0 Å². The summed E-state index contributed by atoms with van der Waals surface area (Å²) >= 11 is 0. The lowest BCUT2D eigenvalue weighted by Crippen LogP contribution is -2.61. The number of benzene rings is 2. The van der Waals surface area contributed by atoms with Gasteiger partial charge >= 0.3 is 12.1 Å². The zero-order chi connectivity index (χ0) is 21.8. The fourth-order valence-corrected chi connectivity index (χ4v) is 4.83. The number of hydrogen-bond donors (Lipinski definition) is 0. The lowest BCUT2D eigenvalue weighted by molar-refractivity contribution is -0.0629. The maximum Gasteiger partial charge on any atom is 0.410 e. The van der Waals surface area contributed by atoms with Crippen molar-refractivity contribution in [1.29, 1.82) is 0 Å². The van der Waals surface area contributed by atoms with Crippen LogP contribution in [-0.4, -0.2) is 55.2 Å². The maximum absolute atomic E-state index is 13.0. The highest BCUT2D eigenvalue weighted by Gasteiger charge is 2.48. The molecule has 2 aliphatic rings. The summed E-state index contributed by atoms with van der Waals surface area (Å²) in [6, 6.07) is 17.1. The molecule has 0 N–H and O–H groups in total. The molecule has 0 bridgehead atoms. The van der Waals surface area contributed by atoms with E-state index < -0.39 is 0 Å². The van der Waals surface area contributed by atoms with Crippen molar-refractivity contribution in [3.05, 3.63) is 71.3 Å². The molecule has 4 rings (SSSR count). The molecular formula is C25H30N2O4. The molecule has 1 amide bonds. The minimum atomic E-state index is -0.358. The predicted molar refractivity (Wildman–Crippen MR) is 118 cm³/mol. The summed E-state index contributed by atoms with van der Waals surface area (Å²) in [5.41, 5.74) is 2.76. The van der Waals surface area contributed by atoms with Gasteiger partial charge in [0.05, 0.1) is 18.7 Å². The summed E-state index contributed by atoms with van der Waals surface area (Å²) < 4.78 is 10.5. The fraction of sp³-hybridized carbons (Fsp3) is 0.440. The van der Waals surface area contributed by atoms with Crippen molar-refractivity contribution in [2.45, 2.75) is 32.4 Å². The molecule has 164 valence electrons. The van der Waals surface area contributed by atoms with Gasteiger partial charge in [-0.25, -0.2) is 9.59 Å². The van der Waals surface area contributed by atoms with Gasteiger partial charge in [0.15, 0.2) is 0 Å². The van der Waals surface area contributed by atoms with Crippen LogP contribution in [0.15, 0.2) is 54.6 Å². The highest BCUT2D eigenvalue weighted by Crippen LogP contribution is 2.47. The molecule has 2 saturated heterocycles. The number of esters is 1. The van der Waals surface area contributed by atoms with Crippen molar-refractivity contribution in [2.24, 2.45) is 5.41 Å². The summed E-state index contributed by atoms with van der Waals surface area (Å²) in [5.74, 6) is -0.358. The Morgan fingerprint density at radius 3 is 2.42 bits per heavy atom. The molecule has 1 unspecified atom stereocenters. The Kier molecular flexibility index (Phi) is 6.28. The van der Waals surface area contributed by atoms with Crippen LogP contribution in [0.3, 0.4) is 0 Å². The Balaban J connectivity index is 1.51. The third-order valence-corrected chi connectivity index (χ3v) is 6.61. The van der Waals surface area contributed by atoms with Crippen molar-refractivity contribution in [3.63, 3.8) is 0 Å². The average molecular weight is 423 g/mol. The van der Waals surface area contributed by atoms with E-state index in [-0.39, 0.29) is 30.1 Å². The van der Waals surface area contributed by atoms with Crippen molar-refractivity contribution >= 4 is 12.1 Å². The van der Waals surface area contributed by atoms with Crippen LogP contribution in [0.2, 0.25) is 0 Å². The number of rotatable bonds is 5. The van der Waals surface area contributed by atoms with Gasteiger partial charge in [-0.15, -0.1) is 0 Å². The summed E-state index contributed by atoms with van der Waals surface area (Å²) in [6.07, 6.45) is 1.61. The topological polar surface area (TPSA) is 59.1 Å². The predicted octanol–water partition coefficient (Wildman–Crippen LogP) is 4.27. The molecule has 0 aromatic heterocycles. The summed E-state index contributed by atoms with van der Waals surface area (Å²) in [4.78, 5) is 29.1. The molecule has 1 atom stereocenters. The number of nitrogens with zero attached hydrogens (tertiary/aromatic N) is 2. The number of amides is 1. The van der Waals surface area contributed by atoms with Crippen molar-refractivity contribution < 1.29 is 19.1 Å². The van der Waals surface area contributed by atoms with E-state index >= 15 is 0 Å².